The first-order chi connectivity index (χ1) is 8.74. The van der Waals surface area contributed by atoms with Gasteiger partial charge in [-0.1, -0.05) is 26.2 Å². The Kier molecular flexibility index (Phi) is 6.54. The largest absolute Gasteiger partial charge is 0.399 e. The van der Waals surface area contributed by atoms with Gasteiger partial charge in [-0.2, -0.15) is 5.10 Å². The topological polar surface area (TPSA) is 67.5 Å². The van der Waals surface area contributed by atoms with Gasteiger partial charge in [-0.05, 0) is 37.1 Å². The molecule has 3 N–H and O–H groups in total. The molecule has 0 saturated carbocycles. The number of rotatable bonds is 7. The molecule has 0 aliphatic carbocycles. The first kappa shape index (κ1) is 14.2. The molecule has 1 rings (SSSR count). The van der Waals surface area contributed by atoms with Crippen LogP contribution in [0.5, 0.6) is 0 Å². The third-order valence-electron chi connectivity index (χ3n) is 2.62. The van der Waals surface area contributed by atoms with E-state index in [1.165, 1.54) is 19.3 Å². The molecule has 18 heavy (non-hydrogen) atoms. The molecule has 1 aromatic rings. The van der Waals surface area contributed by atoms with E-state index in [1.54, 1.807) is 30.5 Å². The molecule has 98 valence electrons. The number of hydrogen-bond donors (Lipinski definition) is 2. The lowest BCUT2D eigenvalue weighted by Gasteiger charge is -2.00. The van der Waals surface area contributed by atoms with Gasteiger partial charge in [0.25, 0.3) is 5.91 Å². The predicted octanol–water partition coefficient (Wildman–Crippen LogP) is 2.95. The van der Waals surface area contributed by atoms with Crippen molar-refractivity contribution in [2.75, 3.05) is 5.73 Å². The van der Waals surface area contributed by atoms with Crippen molar-refractivity contribution < 1.29 is 4.79 Å². The zero-order chi connectivity index (χ0) is 13.2. The third kappa shape index (κ3) is 5.48. The van der Waals surface area contributed by atoms with Crippen LogP contribution in [0.25, 0.3) is 0 Å². The minimum Gasteiger partial charge on any atom is -0.399 e. The summed E-state index contributed by atoms with van der Waals surface area (Å²) in [5.41, 5.74) is 9.25. The number of hydrazone groups is 1. The van der Waals surface area contributed by atoms with Gasteiger partial charge in [0.15, 0.2) is 0 Å². The van der Waals surface area contributed by atoms with Crippen LogP contribution in [0.3, 0.4) is 0 Å². The van der Waals surface area contributed by atoms with Gasteiger partial charge < -0.3 is 5.73 Å². The number of nitrogens with two attached hydrogens (primary N) is 1. The highest BCUT2D eigenvalue weighted by Gasteiger charge is 2.02. The van der Waals surface area contributed by atoms with Gasteiger partial charge in [0.2, 0.25) is 0 Å². The van der Waals surface area contributed by atoms with Crippen LogP contribution in [0.4, 0.5) is 5.69 Å². The van der Waals surface area contributed by atoms with Gasteiger partial charge in [-0.3, -0.25) is 4.79 Å². The molecular weight excluding hydrogens is 226 g/mol. The number of unbranched alkanes of at least 4 members (excludes halogenated alkanes) is 4. The van der Waals surface area contributed by atoms with Gasteiger partial charge in [0.05, 0.1) is 0 Å². The Balaban J connectivity index is 2.24. The van der Waals surface area contributed by atoms with Crippen molar-refractivity contribution >= 4 is 17.8 Å². The highest BCUT2D eigenvalue weighted by atomic mass is 16.2. The van der Waals surface area contributed by atoms with E-state index in [4.69, 9.17) is 5.73 Å². The second kappa shape index (κ2) is 8.28. The van der Waals surface area contributed by atoms with Gasteiger partial charge in [-0.15, -0.1) is 0 Å². The summed E-state index contributed by atoms with van der Waals surface area (Å²) in [6.07, 6.45) is 7.48. The van der Waals surface area contributed by atoms with Gasteiger partial charge in [0, 0.05) is 17.5 Å². The van der Waals surface area contributed by atoms with E-state index >= 15 is 0 Å². The Labute approximate surface area is 108 Å². The lowest BCUT2D eigenvalue weighted by atomic mass is 10.2. The Morgan fingerprint density at radius 3 is 2.67 bits per heavy atom. The second-order valence-electron chi connectivity index (χ2n) is 4.22. The van der Waals surface area contributed by atoms with E-state index in [2.05, 4.69) is 17.5 Å². The average molecular weight is 247 g/mol. The van der Waals surface area contributed by atoms with Gasteiger partial charge in [0.1, 0.15) is 0 Å². The summed E-state index contributed by atoms with van der Waals surface area (Å²) >= 11 is 0. The first-order valence-corrected chi connectivity index (χ1v) is 6.41. The Hall–Kier alpha value is -1.84. The maximum atomic E-state index is 11.6. The molecule has 0 fully saturated rings. The summed E-state index contributed by atoms with van der Waals surface area (Å²) in [6.45, 7) is 2.18. The molecule has 1 amide bonds. The SMILES string of the molecule is CCCCCC/C=N\NC(=O)c1ccc(N)cc1. The molecule has 0 aromatic heterocycles. The third-order valence-corrected chi connectivity index (χ3v) is 2.62. The van der Waals surface area contributed by atoms with Crippen molar-refractivity contribution in [2.45, 2.75) is 39.0 Å². The first-order valence-electron chi connectivity index (χ1n) is 6.41. The highest BCUT2D eigenvalue weighted by Crippen LogP contribution is 2.05. The molecule has 0 aliphatic rings. The number of amides is 1. The normalized spacial score (nSPS) is 10.7. The number of carbonyl (C=O) groups is 1. The number of hydrogen-bond acceptors (Lipinski definition) is 3. The molecule has 0 aliphatic heterocycles. The molecule has 4 nitrogen and oxygen atoms in total. The molecule has 0 unspecified atom stereocenters. The Morgan fingerprint density at radius 1 is 1.28 bits per heavy atom. The van der Waals surface area contributed by atoms with E-state index in [1.807, 2.05) is 0 Å². The predicted molar refractivity (Wildman–Crippen MR) is 75.6 cm³/mol. The fourth-order valence-corrected chi connectivity index (χ4v) is 1.53. The van der Waals surface area contributed by atoms with Crippen LogP contribution in [-0.2, 0) is 0 Å². The van der Waals surface area contributed by atoms with Crippen LogP contribution in [0, 0.1) is 0 Å². The number of benzene rings is 1. The van der Waals surface area contributed by atoms with Crippen LogP contribution >= 0.6 is 0 Å². The number of carbonyl (C=O) groups excluding carboxylic acids is 1. The molecular formula is C14H21N3O. The van der Waals surface area contributed by atoms with Crippen molar-refractivity contribution in [3.05, 3.63) is 29.8 Å². The lowest BCUT2D eigenvalue weighted by Crippen LogP contribution is -2.17. The molecule has 0 atom stereocenters. The fraction of sp³-hybridized carbons (Fsp3) is 0.429. The van der Waals surface area contributed by atoms with Crippen molar-refractivity contribution in [1.29, 1.82) is 0 Å². The second-order valence-corrected chi connectivity index (χ2v) is 4.22. The summed E-state index contributed by atoms with van der Waals surface area (Å²) in [6, 6.07) is 6.76. The summed E-state index contributed by atoms with van der Waals surface area (Å²) in [5.74, 6) is -0.209. The highest BCUT2D eigenvalue weighted by molar-refractivity contribution is 5.94. The molecule has 0 heterocycles. The molecule has 0 saturated heterocycles. The van der Waals surface area contributed by atoms with Crippen LogP contribution in [0.1, 0.15) is 49.4 Å². The summed E-state index contributed by atoms with van der Waals surface area (Å²) in [4.78, 5) is 11.6. The molecule has 0 spiro atoms. The average Bonchev–Trinajstić information content (AvgIpc) is 2.38. The van der Waals surface area contributed by atoms with Crippen molar-refractivity contribution in [2.24, 2.45) is 5.10 Å². The van der Waals surface area contributed by atoms with Gasteiger partial charge >= 0.3 is 0 Å². The Bertz CT molecular complexity index is 385. The number of nitrogen functional groups attached to an aromatic ring is 1. The number of nitrogens with zero attached hydrogens (tertiary/aromatic N) is 1. The van der Waals surface area contributed by atoms with E-state index in [9.17, 15) is 4.79 Å². The smallest absolute Gasteiger partial charge is 0.271 e. The zero-order valence-electron chi connectivity index (χ0n) is 10.9. The summed E-state index contributed by atoms with van der Waals surface area (Å²) in [5, 5.41) is 3.91. The van der Waals surface area contributed by atoms with Crippen molar-refractivity contribution in [3.8, 4) is 0 Å². The summed E-state index contributed by atoms with van der Waals surface area (Å²) in [7, 11) is 0. The van der Waals surface area contributed by atoms with Gasteiger partial charge in [-0.25, -0.2) is 5.43 Å². The van der Waals surface area contributed by atoms with Crippen LogP contribution < -0.4 is 11.2 Å². The maximum Gasteiger partial charge on any atom is 0.271 e. The van der Waals surface area contributed by atoms with Crippen LogP contribution in [-0.4, -0.2) is 12.1 Å². The van der Waals surface area contributed by atoms with E-state index in [0.29, 0.717) is 11.3 Å². The summed E-state index contributed by atoms with van der Waals surface area (Å²) < 4.78 is 0. The molecule has 0 radical (unpaired) electrons. The van der Waals surface area contributed by atoms with Crippen molar-refractivity contribution in [1.82, 2.24) is 5.43 Å². The van der Waals surface area contributed by atoms with E-state index < -0.39 is 0 Å². The standard InChI is InChI=1S/C14H21N3O/c1-2-3-4-5-6-11-16-17-14(18)12-7-9-13(15)10-8-12/h7-11H,2-6,15H2,1H3,(H,17,18)/b16-11-. The maximum absolute atomic E-state index is 11.6. The fourth-order valence-electron chi connectivity index (χ4n) is 1.53. The number of nitrogens with one attached hydrogen (secondary N) is 1. The minimum absolute atomic E-state index is 0.209. The van der Waals surface area contributed by atoms with Crippen LogP contribution in [0.2, 0.25) is 0 Å². The minimum atomic E-state index is -0.209. The van der Waals surface area contributed by atoms with E-state index in [0.717, 1.165) is 12.8 Å². The van der Waals surface area contributed by atoms with E-state index in [-0.39, 0.29) is 5.91 Å². The van der Waals surface area contributed by atoms with Crippen LogP contribution in [0.15, 0.2) is 29.4 Å². The Morgan fingerprint density at radius 2 is 2.00 bits per heavy atom. The quantitative estimate of drug-likeness (QED) is 0.336. The molecule has 4 heteroatoms. The zero-order valence-corrected chi connectivity index (χ0v) is 10.9. The molecule has 0 bridgehead atoms. The lowest BCUT2D eigenvalue weighted by molar-refractivity contribution is 0.0955. The molecule has 1 aromatic carbocycles. The number of anilines is 1. The van der Waals surface area contributed by atoms with Crippen molar-refractivity contribution in [3.63, 3.8) is 0 Å². The monoisotopic (exact) mass is 247 g/mol.